The van der Waals surface area contributed by atoms with E-state index in [1.807, 2.05) is 0 Å². The molecule has 0 N–H and O–H groups in total. The smallest absolute Gasteiger partial charge is 0.493 e. The second kappa shape index (κ2) is 5.23. The predicted octanol–water partition coefficient (Wildman–Crippen LogP) is -0.930. The third-order valence-corrected chi connectivity index (χ3v) is 2.31. The number of hydrogen-bond acceptors (Lipinski definition) is 1. The van der Waals surface area contributed by atoms with Crippen LogP contribution in [-0.4, -0.2) is 13.6 Å². The maximum Gasteiger partial charge on any atom is 1.00 e. The van der Waals surface area contributed by atoms with Crippen LogP contribution in [-0.2, 0) is 6.42 Å². The van der Waals surface area contributed by atoms with Crippen molar-refractivity contribution in [3.05, 3.63) is 23.8 Å². The first kappa shape index (κ1) is 13.6. The third kappa shape index (κ3) is 3.23. The van der Waals surface area contributed by atoms with Crippen LogP contribution in [0, 0.1) is 0 Å². The molecule has 0 bridgehead atoms. The van der Waals surface area contributed by atoms with Crippen molar-refractivity contribution in [1.82, 2.24) is 0 Å². The Morgan fingerprint density at radius 3 is 2.60 bits per heavy atom. The van der Waals surface area contributed by atoms with E-state index in [0.717, 1.165) is 12.5 Å². The van der Waals surface area contributed by atoms with Gasteiger partial charge in [-0.05, 0) is 24.5 Å². The van der Waals surface area contributed by atoms with Crippen molar-refractivity contribution in [3.8, 4) is 5.75 Å². The van der Waals surface area contributed by atoms with Crippen molar-refractivity contribution in [2.45, 2.75) is 12.8 Å². The Bertz CT molecular complexity index is 354. The topological polar surface area (TPSA) is 9.23 Å². The summed E-state index contributed by atoms with van der Waals surface area (Å²) in [5, 5.41) is 0. The van der Waals surface area contributed by atoms with Crippen LogP contribution in [0.3, 0.4) is 0 Å². The first-order valence-electron chi connectivity index (χ1n) is 4.53. The van der Waals surface area contributed by atoms with Gasteiger partial charge in [0.25, 0.3) is 0 Å². The maximum atomic E-state index is 12.4. The normalized spacial score (nSPS) is 14.9. The molecule has 0 unspecified atom stereocenters. The zero-order valence-electron chi connectivity index (χ0n) is 8.47. The van der Waals surface area contributed by atoms with Crippen LogP contribution >= 0.6 is 0 Å². The van der Waals surface area contributed by atoms with E-state index < -0.39 is 12.4 Å². The van der Waals surface area contributed by atoms with Crippen molar-refractivity contribution in [2.75, 3.05) is 6.61 Å². The zero-order chi connectivity index (χ0) is 10.2. The molecule has 0 aliphatic carbocycles. The molecule has 1 heterocycles. The van der Waals surface area contributed by atoms with E-state index in [2.05, 4.69) is 0 Å². The molecule has 2 rings (SSSR count). The second-order valence-electron chi connectivity index (χ2n) is 3.39. The molecule has 0 saturated heterocycles. The molecule has 1 nitrogen and oxygen atoms in total. The molecule has 1 aromatic carbocycles. The van der Waals surface area contributed by atoms with Crippen LogP contribution in [0.2, 0.25) is 0 Å². The number of benzene rings is 1. The third-order valence-electron chi connectivity index (χ3n) is 2.31. The number of aryl methyl sites for hydroxylation is 1. The first-order valence-corrected chi connectivity index (χ1v) is 4.53. The Morgan fingerprint density at radius 1 is 1.20 bits per heavy atom. The van der Waals surface area contributed by atoms with Gasteiger partial charge < -0.3 is 17.7 Å². The Hall–Kier alpha value is 0.511. The monoisotopic (exact) mass is 240 g/mol. The molecule has 0 atom stereocenters. The quantitative estimate of drug-likeness (QED) is 0.576. The average molecular weight is 240 g/mol. The Kier molecular flexibility index (Phi) is 4.73. The number of hydrogen-bond donors (Lipinski definition) is 0. The second-order valence-corrected chi connectivity index (χ2v) is 3.39. The fraction of sp³-hybridized carbons (Fsp3) is 0.333. The molecule has 0 aromatic heterocycles. The van der Waals surface area contributed by atoms with Crippen LogP contribution in [0.15, 0.2) is 18.2 Å². The van der Waals surface area contributed by atoms with E-state index in [-0.39, 0.29) is 51.4 Å². The minimum atomic E-state index is -4.88. The van der Waals surface area contributed by atoms with Gasteiger partial charge in [-0.25, -0.2) is 0 Å². The summed E-state index contributed by atoms with van der Waals surface area (Å²) in [5.41, 5.74) is 0.141. The van der Waals surface area contributed by atoms with E-state index in [4.69, 9.17) is 4.74 Å². The molecule has 0 fully saturated rings. The van der Waals surface area contributed by atoms with Crippen LogP contribution in [0.4, 0.5) is 12.9 Å². The molecule has 0 saturated carbocycles. The van der Waals surface area contributed by atoms with Gasteiger partial charge in [0.1, 0.15) is 5.75 Å². The number of ether oxygens (including phenoxy) is 1. The van der Waals surface area contributed by atoms with Gasteiger partial charge in [-0.15, -0.1) is 5.46 Å². The van der Waals surface area contributed by atoms with Gasteiger partial charge >= 0.3 is 58.4 Å². The van der Waals surface area contributed by atoms with Crippen molar-refractivity contribution in [1.29, 1.82) is 0 Å². The molecule has 6 heteroatoms. The molecule has 1 aromatic rings. The summed E-state index contributed by atoms with van der Waals surface area (Å²) in [4.78, 5) is 0. The van der Waals surface area contributed by atoms with Gasteiger partial charge in [-0.2, -0.15) is 0 Å². The van der Waals surface area contributed by atoms with E-state index in [0.29, 0.717) is 24.3 Å². The largest absolute Gasteiger partial charge is 1.00 e. The fourth-order valence-corrected chi connectivity index (χ4v) is 1.58. The molecular weight excluding hydrogens is 231 g/mol. The van der Waals surface area contributed by atoms with Crippen molar-refractivity contribution in [2.24, 2.45) is 0 Å². The summed E-state index contributed by atoms with van der Waals surface area (Å²) in [6.45, 7) is -4.28. The van der Waals surface area contributed by atoms with E-state index in [1.165, 1.54) is 12.1 Å². The minimum absolute atomic E-state index is 0. The molecule has 0 spiro atoms. The Morgan fingerprint density at radius 2 is 1.93 bits per heavy atom. The van der Waals surface area contributed by atoms with Gasteiger partial charge in [-0.1, -0.05) is 12.1 Å². The molecular formula is C9H9BF3KO. The summed E-state index contributed by atoms with van der Waals surface area (Å²) in [6.07, 6.45) is 1.47. The number of rotatable bonds is 1. The van der Waals surface area contributed by atoms with Gasteiger partial charge in [0.15, 0.2) is 0 Å². The Labute approximate surface area is 129 Å². The number of halogens is 3. The summed E-state index contributed by atoms with van der Waals surface area (Å²) in [5.74, 6) is 0.597. The van der Waals surface area contributed by atoms with Gasteiger partial charge in [0.05, 0.1) is 6.61 Å². The van der Waals surface area contributed by atoms with E-state index >= 15 is 0 Å². The summed E-state index contributed by atoms with van der Waals surface area (Å²) < 4.78 is 42.4. The minimum Gasteiger partial charge on any atom is -0.493 e. The molecule has 15 heavy (non-hydrogen) atoms. The standard InChI is InChI=1S/C9H9BF3O.K/c11-10(12,13)8-3-4-9-7(6-8)2-1-5-14-9;/h3-4,6H,1-2,5H2;/q-1;+1. The van der Waals surface area contributed by atoms with Crippen LogP contribution in [0.25, 0.3) is 0 Å². The van der Waals surface area contributed by atoms with E-state index in [1.54, 1.807) is 0 Å². The van der Waals surface area contributed by atoms with Gasteiger partial charge in [0.2, 0.25) is 0 Å². The number of fused-ring (bicyclic) bond motifs is 1. The van der Waals surface area contributed by atoms with Crippen LogP contribution in [0.1, 0.15) is 12.0 Å². The van der Waals surface area contributed by atoms with E-state index in [9.17, 15) is 12.9 Å². The van der Waals surface area contributed by atoms with Gasteiger partial charge in [-0.3, -0.25) is 0 Å². The SMILES string of the molecule is F[B-](F)(F)c1ccc2c(c1)CCCO2.[K+]. The summed E-state index contributed by atoms with van der Waals surface area (Å²) in [7, 11) is 0. The van der Waals surface area contributed by atoms with Gasteiger partial charge in [0, 0.05) is 0 Å². The molecule has 76 valence electrons. The maximum absolute atomic E-state index is 12.4. The predicted molar refractivity (Wildman–Crippen MR) is 49.0 cm³/mol. The molecule has 0 amide bonds. The first-order chi connectivity index (χ1) is 6.57. The van der Waals surface area contributed by atoms with Crippen molar-refractivity contribution in [3.63, 3.8) is 0 Å². The summed E-state index contributed by atoms with van der Waals surface area (Å²) in [6, 6.07) is 3.71. The Balaban J connectivity index is 0.00000112. The fourth-order valence-electron chi connectivity index (χ4n) is 1.58. The van der Waals surface area contributed by atoms with Crippen molar-refractivity contribution >= 4 is 12.4 Å². The molecule has 1 aliphatic heterocycles. The molecule has 0 radical (unpaired) electrons. The van der Waals surface area contributed by atoms with Crippen LogP contribution < -0.4 is 61.6 Å². The average Bonchev–Trinajstić information content (AvgIpc) is 2.16. The summed E-state index contributed by atoms with van der Waals surface area (Å²) >= 11 is 0. The van der Waals surface area contributed by atoms with Crippen molar-refractivity contribution < 1.29 is 69.1 Å². The van der Waals surface area contributed by atoms with Crippen LogP contribution in [0.5, 0.6) is 5.75 Å². The molecule has 1 aliphatic rings. The zero-order valence-corrected chi connectivity index (χ0v) is 11.6.